The average Bonchev–Trinajstić information content (AvgIpc) is 2.55. The Morgan fingerprint density at radius 2 is 1.64 bits per heavy atom. The number of aryl methyl sites for hydroxylation is 2. The first-order valence-corrected chi connectivity index (χ1v) is 10.1. The smallest absolute Gasteiger partial charge is 0.178 e. The Hall–Kier alpha value is -1.85. The fraction of sp³-hybridized carbons (Fsp3) is 0.400. The summed E-state index contributed by atoms with van der Waals surface area (Å²) in [4.78, 5) is 2.56. The summed E-state index contributed by atoms with van der Waals surface area (Å²) in [6.45, 7) is 5.61. The maximum absolute atomic E-state index is 12.3. The van der Waals surface area contributed by atoms with Gasteiger partial charge in [-0.3, -0.25) is 0 Å². The molecular weight excluding hydrogens is 334 g/mol. The van der Waals surface area contributed by atoms with Crippen LogP contribution in [0.2, 0.25) is 0 Å². The first kappa shape index (κ1) is 19.5. The summed E-state index contributed by atoms with van der Waals surface area (Å²) >= 11 is 0. The molecule has 4 nitrogen and oxygen atoms in total. The topological polar surface area (TPSA) is 46.6 Å². The van der Waals surface area contributed by atoms with E-state index < -0.39 is 9.84 Å². The van der Waals surface area contributed by atoms with Crippen molar-refractivity contribution in [3.63, 3.8) is 0 Å². The molecule has 0 atom stereocenters. The van der Waals surface area contributed by atoms with E-state index in [1.54, 1.807) is 31.4 Å². The van der Waals surface area contributed by atoms with Crippen LogP contribution in [0, 0.1) is 13.8 Å². The molecule has 0 aliphatic heterocycles. The first-order valence-electron chi connectivity index (χ1n) is 8.44. The maximum atomic E-state index is 12.3. The number of methoxy groups -OCH3 is 1. The Morgan fingerprint density at radius 1 is 1.04 bits per heavy atom. The number of hydrogen-bond donors (Lipinski definition) is 0. The second kappa shape index (κ2) is 8.50. The van der Waals surface area contributed by atoms with Gasteiger partial charge in [-0.1, -0.05) is 30.3 Å². The van der Waals surface area contributed by atoms with Crippen LogP contribution in [-0.4, -0.2) is 39.8 Å². The molecule has 2 rings (SSSR count). The second-order valence-electron chi connectivity index (χ2n) is 6.49. The van der Waals surface area contributed by atoms with Crippen LogP contribution < -0.4 is 4.74 Å². The zero-order valence-corrected chi connectivity index (χ0v) is 16.3. The molecule has 5 heteroatoms. The molecule has 0 fully saturated rings. The normalized spacial score (nSPS) is 11.7. The third-order valence-electron chi connectivity index (χ3n) is 4.23. The van der Waals surface area contributed by atoms with E-state index in [0.29, 0.717) is 11.3 Å². The number of ether oxygens (including phenoxy) is 1. The summed E-state index contributed by atoms with van der Waals surface area (Å²) in [7, 11) is 0.512. The molecule has 0 aliphatic carbocycles. The van der Waals surface area contributed by atoms with Crippen LogP contribution in [-0.2, 0) is 16.4 Å². The third-order valence-corrected chi connectivity index (χ3v) is 6.05. The Balaban J connectivity index is 1.90. The number of benzene rings is 2. The molecule has 0 saturated heterocycles. The SMILES string of the molecule is COc1c(C)cc(CN(C)CCCS(=O)(=O)c2ccccc2)cc1C. The van der Waals surface area contributed by atoms with E-state index in [0.717, 1.165) is 30.0 Å². The Morgan fingerprint density at radius 3 is 2.20 bits per heavy atom. The molecule has 0 unspecified atom stereocenters. The number of rotatable bonds is 8. The second-order valence-corrected chi connectivity index (χ2v) is 8.60. The summed E-state index contributed by atoms with van der Waals surface area (Å²) in [5.41, 5.74) is 3.46. The largest absolute Gasteiger partial charge is 0.496 e. The van der Waals surface area contributed by atoms with Gasteiger partial charge in [-0.05, 0) is 62.7 Å². The number of hydrogen-bond acceptors (Lipinski definition) is 4. The molecule has 0 heterocycles. The minimum Gasteiger partial charge on any atom is -0.496 e. The molecule has 2 aromatic carbocycles. The van der Waals surface area contributed by atoms with Gasteiger partial charge >= 0.3 is 0 Å². The van der Waals surface area contributed by atoms with Crippen molar-refractivity contribution in [2.75, 3.05) is 26.5 Å². The van der Waals surface area contributed by atoms with Crippen molar-refractivity contribution < 1.29 is 13.2 Å². The van der Waals surface area contributed by atoms with Crippen molar-refractivity contribution >= 4 is 9.84 Å². The van der Waals surface area contributed by atoms with Crippen LogP contribution in [0.3, 0.4) is 0 Å². The lowest BCUT2D eigenvalue weighted by atomic mass is 10.1. The van der Waals surface area contributed by atoms with Gasteiger partial charge in [-0.2, -0.15) is 0 Å². The van der Waals surface area contributed by atoms with Crippen molar-refractivity contribution in [1.82, 2.24) is 4.90 Å². The van der Waals surface area contributed by atoms with Crippen molar-refractivity contribution in [2.45, 2.75) is 31.7 Å². The molecule has 0 amide bonds. The Labute approximate surface area is 151 Å². The molecule has 0 aliphatic rings. The highest BCUT2D eigenvalue weighted by Gasteiger charge is 2.14. The fourth-order valence-corrected chi connectivity index (χ4v) is 4.43. The predicted octanol–water partition coefficient (Wildman–Crippen LogP) is 3.61. The van der Waals surface area contributed by atoms with Gasteiger partial charge in [-0.15, -0.1) is 0 Å². The van der Waals surface area contributed by atoms with E-state index in [-0.39, 0.29) is 5.75 Å². The van der Waals surface area contributed by atoms with Gasteiger partial charge in [0.25, 0.3) is 0 Å². The summed E-state index contributed by atoms with van der Waals surface area (Å²) < 4.78 is 30.0. The monoisotopic (exact) mass is 361 g/mol. The van der Waals surface area contributed by atoms with Gasteiger partial charge in [-0.25, -0.2) is 8.42 Å². The van der Waals surface area contributed by atoms with Crippen LogP contribution in [0.25, 0.3) is 0 Å². The summed E-state index contributed by atoms with van der Waals surface area (Å²) in [5, 5.41) is 0. The highest BCUT2D eigenvalue weighted by Crippen LogP contribution is 2.24. The molecular formula is C20H27NO3S. The van der Waals surface area contributed by atoms with Crippen LogP contribution in [0.4, 0.5) is 0 Å². The zero-order chi connectivity index (χ0) is 18.4. The van der Waals surface area contributed by atoms with Gasteiger partial charge in [0.05, 0.1) is 17.8 Å². The molecule has 0 radical (unpaired) electrons. The van der Waals surface area contributed by atoms with Gasteiger partial charge in [0.1, 0.15) is 5.75 Å². The van der Waals surface area contributed by atoms with Gasteiger partial charge in [0.15, 0.2) is 9.84 Å². The quantitative estimate of drug-likeness (QED) is 0.721. The summed E-state index contributed by atoms with van der Waals surface area (Å²) in [6, 6.07) is 12.9. The van der Waals surface area contributed by atoms with E-state index >= 15 is 0 Å². The molecule has 0 N–H and O–H groups in total. The molecule has 136 valence electrons. The van der Waals surface area contributed by atoms with E-state index in [2.05, 4.69) is 17.0 Å². The van der Waals surface area contributed by atoms with E-state index in [1.165, 1.54) is 5.56 Å². The lowest BCUT2D eigenvalue weighted by Crippen LogP contribution is -2.21. The van der Waals surface area contributed by atoms with Crippen LogP contribution in [0.5, 0.6) is 5.75 Å². The highest BCUT2D eigenvalue weighted by atomic mass is 32.2. The summed E-state index contributed by atoms with van der Waals surface area (Å²) in [6.07, 6.45) is 0.613. The summed E-state index contributed by atoms with van der Waals surface area (Å²) in [5.74, 6) is 1.10. The maximum Gasteiger partial charge on any atom is 0.178 e. The average molecular weight is 362 g/mol. The number of nitrogens with zero attached hydrogens (tertiary/aromatic N) is 1. The molecule has 2 aromatic rings. The van der Waals surface area contributed by atoms with Crippen LogP contribution >= 0.6 is 0 Å². The van der Waals surface area contributed by atoms with Crippen molar-refractivity contribution in [1.29, 1.82) is 0 Å². The predicted molar refractivity (Wildman–Crippen MR) is 102 cm³/mol. The van der Waals surface area contributed by atoms with E-state index in [9.17, 15) is 8.42 Å². The Kier molecular flexibility index (Phi) is 6.62. The fourth-order valence-electron chi connectivity index (χ4n) is 3.11. The minimum atomic E-state index is -3.19. The zero-order valence-electron chi connectivity index (χ0n) is 15.5. The van der Waals surface area contributed by atoms with E-state index in [4.69, 9.17) is 4.74 Å². The molecule has 25 heavy (non-hydrogen) atoms. The first-order chi connectivity index (χ1) is 11.8. The van der Waals surface area contributed by atoms with Crippen molar-refractivity contribution in [3.8, 4) is 5.75 Å². The molecule has 0 aromatic heterocycles. The van der Waals surface area contributed by atoms with Gasteiger partial charge in [0, 0.05) is 6.54 Å². The molecule has 0 spiro atoms. The highest BCUT2D eigenvalue weighted by molar-refractivity contribution is 7.91. The molecule has 0 bridgehead atoms. The van der Waals surface area contributed by atoms with Gasteiger partial charge in [0.2, 0.25) is 0 Å². The van der Waals surface area contributed by atoms with Crippen LogP contribution in [0.15, 0.2) is 47.4 Å². The lowest BCUT2D eigenvalue weighted by Gasteiger charge is -2.18. The standard InChI is InChI=1S/C20H27NO3S/c1-16-13-18(14-17(2)20(16)24-4)15-21(3)11-8-12-25(22,23)19-9-6-5-7-10-19/h5-7,9-10,13-14H,8,11-12,15H2,1-4H3. The number of sulfone groups is 1. The van der Waals surface area contributed by atoms with Crippen molar-refractivity contribution in [3.05, 3.63) is 59.2 Å². The Bertz CT molecular complexity index is 778. The van der Waals surface area contributed by atoms with Crippen molar-refractivity contribution in [2.24, 2.45) is 0 Å². The van der Waals surface area contributed by atoms with E-state index in [1.807, 2.05) is 27.0 Å². The van der Waals surface area contributed by atoms with Gasteiger partial charge < -0.3 is 9.64 Å². The molecule has 0 saturated carbocycles. The minimum absolute atomic E-state index is 0.169. The van der Waals surface area contributed by atoms with Crippen LogP contribution in [0.1, 0.15) is 23.1 Å². The lowest BCUT2D eigenvalue weighted by molar-refractivity contribution is 0.327. The third kappa shape index (κ3) is 5.31.